The van der Waals surface area contributed by atoms with Crippen molar-refractivity contribution in [2.24, 2.45) is 0 Å². The van der Waals surface area contributed by atoms with Crippen LogP contribution in [0, 0.1) is 0 Å². The summed E-state index contributed by atoms with van der Waals surface area (Å²) < 4.78 is 4.46. The van der Waals surface area contributed by atoms with Crippen LogP contribution in [0.1, 0.15) is 6.92 Å². The van der Waals surface area contributed by atoms with Crippen molar-refractivity contribution in [3.05, 3.63) is 0 Å². The van der Waals surface area contributed by atoms with Gasteiger partial charge in [0.1, 0.15) is 0 Å². The molecule has 0 amide bonds. The maximum Gasteiger partial charge on any atom is 0.369 e. The molecular formula is C2H6AlClO. The molecule has 0 aliphatic carbocycles. The van der Waals surface area contributed by atoms with Crippen molar-refractivity contribution in [2.75, 3.05) is 6.61 Å². The lowest BCUT2D eigenvalue weighted by Crippen LogP contribution is -1.76. The topological polar surface area (TPSA) is 9.23 Å². The van der Waals surface area contributed by atoms with Crippen LogP contribution < -0.4 is 0 Å². The van der Waals surface area contributed by atoms with Gasteiger partial charge in [-0.15, -0.1) is 12.4 Å². The summed E-state index contributed by atoms with van der Waals surface area (Å²) in [5.41, 5.74) is 0. The first kappa shape index (κ1) is 9.24. The summed E-state index contributed by atoms with van der Waals surface area (Å²) in [6, 6.07) is 0. The third kappa shape index (κ3) is 11.7. The van der Waals surface area contributed by atoms with Crippen molar-refractivity contribution >= 4 is 29.0 Å². The van der Waals surface area contributed by atoms with E-state index in [0.717, 1.165) is 6.61 Å². The van der Waals surface area contributed by atoms with Crippen LogP contribution in [-0.2, 0) is 3.79 Å². The van der Waals surface area contributed by atoms with Crippen LogP contribution in [0.15, 0.2) is 0 Å². The van der Waals surface area contributed by atoms with Crippen LogP contribution in [0.25, 0.3) is 0 Å². The molecule has 1 nitrogen and oxygen atoms in total. The quantitative estimate of drug-likeness (QED) is 0.445. The first-order valence-electron chi connectivity index (χ1n) is 1.23. The zero-order valence-electron chi connectivity index (χ0n) is 3.10. The van der Waals surface area contributed by atoms with Gasteiger partial charge in [0, 0.05) is 6.61 Å². The average molecular weight is 109 g/mol. The maximum absolute atomic E-state index is 4.46. The lowest BCUT2D eigenvalue weighted by Gasteiger charge is -1.79. The Morgan fingerprint density at radius 3 is 2.00 bits per heavy atom. The van der Waals surface area contributed by atoms with Gasteiger partial charge in [0.25, 0.3) is 0 Å². The minimum absolute atomic E-state index is 0. The molecule has 0 aliphatic heterocycles. The van der Waals surface area contributed by atoms with Crippen LogP contribution >= 0.6 is 12.4 Å². The van der Waals surface area contributed by atoms with E-state index in [1.807, 2.05) is 6.92 Å². The van der Waals surface area contributed by atoms with E-state index in [9.17, 15) is 0 Å². The van der Waals surface area contributed by atoms with Gasteiger partial charge in [0.05, 0.1) is 0 Å². The fourth-order valence-corrected chi connectivity index (χ4v) is 0. The molecule has 0 saturated heterocycles. The van der Waals surface area contributed by atoms with Crippen molar-refractivity contribution in [2.45, 2.75) is 6.92 Å². The summed E-state index contributed by atoms with van der Waals surface area (Å²) >= 11 is 2.16. The highest BCUT2D eigenvalue weighted by Gasteiger charge is 1.52. The Morgan fingerprint density at radius 2 is 2.00 bits per heavy atom. The zero-order chi connectivity index (χ0) is 3.41. The van der Waals surface area contributed by atoms with Crippen molar-refractivity contribution < 1.29 is 3.79 Å². The van der Waals surface area contributed by atoms with E-state index in [4.69, 9.17) is 0 Å². The van der Waals surface area contributed by atoms with Crippen LogP contribution in [0.2, 0.25) is 0 Å². The second kappa shape index (κ2) is 8.84. The molecule has 0 aromatic carbocycles. The van der Waals surface area contributed by atoms with Gasteiger partial charge >= 0.3 is 16.6 Å². The van der Waals surface area contributed by atoms with Gasteiger partial charge in [-0.3, -0.25) is 0 Å². The van der Waals surface area contributed by atoms with Crippen LogP contribution in [-0.4, -0.2) is 23.2 Å². The van der Waals surface area contributed by atoms with Crippen molar-refractivity contribution in [3.8, 4) is 0 Å². The van der Waals surface area contributed by atoms with E-state index >= 15 is 0 Å². The average Bonchev–Trinajstić information content (AvgIpc) is 1.37. The molecule has 0 bridgehead atoms. The molecule has 0 atom stereocenters. The SMILES string of the molecule is CC[O][Al].Cl. The Hall–Kier alpha value is 0.782. The monoisotopic (exact) mass is 108 g/mol. The van der Waals surface area contributed by atoms with Gasteiger partial charge < -0.3 is 3.79 Å². The predicted octanol–water partition coefficient (Wildman–Crippen LogP) is 0.528. The number of halogens is 1. The second-order valence-electron chi connectivity index (χ2n) is 0.455. The minimum atomic E-state index is 0. The van der Waals surface area contributed by atoms with Crippen LogP contribution in [0.5, 0.6) is 0 Å². The highest BCUT2D eigenvalue weighted by Crippen LogP contribution is 1.50. The highest BCUT2D eigenvalue weighted by molar-refractivity contribution is 5.97. The second-order valence-corrected chi connectivity index (χ2v) is 0.789. The Labute approximate surface area is 46.9 Å². The summed E-state index contributed by atoms with van der Waals surface area (Å²) in [6.45, 7) is 2.72. The molecule has 0 saturated carbocycles. The largest absolute Gasteiger partial charge is 0.516 e. The van der Waals surface area contributed by atoms with Crippen molar-refractivity contribution in [3.63, 3.8) is 0 Å². The summed E-state index contributed by atoms with van der Waals surface area (Å²) in [5, 5.41) is 0. The van der Waals surface area contributed by atoms with E-state index in [1.165, 1.54) is 0 Å². The third-order valence-corrected chi connectivity index (χ3v) is 0.500. The first-order valence-corrected chi connectivity index (χ1v) is 1.70. The fraction of sp³-hybridized carbons (Fsp3) is 1.00. The smallest absolute Gasteiger partial charge is 0.369 e. The normalized spacial score (nSPS) is 5.80. The van der Waals surface area contributed by atoms with E-state index < -0.39 is 0 Å². The van der Waals surface area contributed by atoms with Gasteiger partial charge in [-0.2, -0.15) is 0 Å². The molecule has 0 heterocycles. The lowest BCUT2D eigenvalue weighted by atomic mass is 10.9. The number of hydrogen-bond donors (Lipinski definition) is 0. The van der Waals surface area contributed by atoms with Crippen molar-refractivity contribution in [1.29, 1.82) is 0 Å². The highest BCUT2D eigenvalue weighted by atomic mass is 35.5. The lowest BCUT2D eigenvalue weighted by molar-refractivity contribution is 0.375. The molecule has 0 fully saturated rings. The van der Waals surface area contributed by atoms with Gasteiger partial charge in [0.2, 0.25) is 0 Å². The Bertz CT molecular complexity index is 11.6. The number of rotatable bonds is 1. The molecule has 2 radical (unpaired) electrons. The molecule has 0 unspecified atom stereocenters. The van der Waals surface area contributed by atoms with Gasteiger partial charge in [-0.1, -0.05) is 0 Å². The molecular weight excluding hydrogens is 102 g/mol. The van der Waals surface area contributed by atoms with E-state index in [0.29, 0.717) is 0 Å². The van der Waals surface area contributed by atoms with Gasteiger partial charge in [-0.25, -0.2) is 0 Å². The standard InChI is InChI=1S/C2H5O.Al.ClH/c1-2-3;;/h2H2,1H3;;1H/q-1;+1;. The Balaban J connectivity index is 0. The molecule has 0 aliphatic rings. The summed E-state index contributed by atoms with van der Waals surface area (Å²) in [7, 11) is 0. The van der Waals surface area contributed by atoms with Crippen LogP contribution in [0.3, 0.4) is 0 Å². The summed E-state index contributed by atoms with van der Waals surface area (Å²) in [4.78, 5) is 0. The predicted molar refractivity (Wildman–Crippen MR) is 24.6 cm³/mol. The minimum Gasteiger partial charge on any atom is -0.516 e. The zero-order valence-corrected chi connectivity index (χ0v) is 5.07. The molecule has 0 rings (SSSR count). The molecule has 30 valence electrons. The fourth-order valence-electron chi connectivity index (χ4n) is 0. The van der Waals surface area contributed by atoms with Gasteiger partial charge in [0.15, 0.2) is 0 Å². The molecule has 3 heteroatoms. The van der Waals surface area contributed by atoms with Crippen LogP contribution in [0.4, 0.5) is 0 Å². The van der Waals surface area contributed by atoms with Crippen molar-refractivity contribution in [1.82, 2.24) is 0 Å². The van der Waals surface area contributed by atoms with Gasteiger partial charge in [-0.05, 0) is 6.92 Å². The maximum atomic E-state index is 4.46. The van der Waals surface area contributed by atoms with E-state index in [2.05, 4.69) is 20.4 Å². The summed E-state index contributed by atoms with van der Waals surface area (Å²) in [5.74, 6) is 0. The third-order valence-electron chi connectivity index (χ3n) is 0.167. The first-order chi connectivity index (χ1) is 1.91. The Morgan fingerprint density at radius 1 is 1.80 bits per heavy atom. The Kier molecular flexibility index (Phi) is 16.3. The number of hydrogen-bond acceptors (Lipinski definition) is 1. The van der Waals surface area contributed by atoms with E-state index in [-0.39, 0.29) is 12.4 Å². The molecule has 0 N–H and O–H groups in total. The molecule has 0 aromatic rings. The van der Waals surface area contributed by atoms with E-state index in [1.54, 1.807) is 0 Å². The molecule has 0 spiro atoms. The molecule has 5 heavy (non-hydrogen) atoms. The molecule has 0 aromatic heterocycles. The summed E-state index contributed by atoms with van der Waals surface area (Å²) in [6.07, 6.45) is 0.